The number of carbonyl (C=O) groups excluding carboxylic acids is 2. The van der Waals surface area contributed by atoms with E-state index in [9.17, 15) is 23.8 Å². The monoisotopic (exact) mass is 1270 g/mol. The molecule has 2 aromatic carbocycles. The molecule has 6 aromatic rings. The largest absolute Gasteiger partial charge is 0.472 e. The zero-order valence-corrected chi connectivity index (χ0v) is 52.9. The van der Waals surface area contributed by atoms with Crippen LogP contribution in [0, 0.1) is 5.92 Å². The van der Waals surface area contributed by atoms with Crippen LogP contribution in [0.1, 0.15) is 82.9 Å². The van der Waals surface area contributed by atoms with E-state index in [4.69, 9.17) is 62.3 Å². The van der Waals surface area contributed by atoms with E-state index in [0.29, 0.717) is 21.2 Å². The lowest BCUT2D eigenvalue weighted by Gasteiger charge is -2.41. The number of hydrogen-bond donors (Lipinski definition) is 4. The van der Waals surface area contributed by atoms with Crippen LogP contribution < -0.4 is 16.2 Å². The molecule has 0 aliphatic carbocycles. The lowest BCUT2D eigenvalue weighted by Crippen LogP contribution is -2.50. The molecule has 9 rings (SSSR count). The van der Waals surface area contributed by atoms with E-state index in [0.717, 1.165) is 11.4 Å². The Bertz CT molecular complexity index is 3380. The normalized spacial score (nSPS) is 26.4. The minimum Gasteiger partial charge on any atom is -0.410 e. The van der Waals surface area contributed by atoms with E-state index in [2.05, 4.69) is 66.2 Å². The molecule has 22 nitrogen and oxygen atoms in total. The number of nitrogens with one attached hydrogen (secondary N) is 3. The third-order valence-corrected chi connectivity index (χ3v) is 26.9. The molecule has 2 amide bonds. The maximum Gasteiger partial charge on any atom is 0.472 e. The summed E-state index contributed by atoms with van der Waals surface area (Å²) in [4.78, 5) is 77.9. The molecule has 3 aliphatic rings. The number of nitrogens with zero attached hydrogens (tertiary/aromatic N) is 8. The second-order valence-electron chi connectivity index (χ2n) is 20.9. The molecule has 3 saturated heterocycles. The molecule has 440 valence electrons. The summed E-state index contributed by atoms with van der Waals surface area (Å²) in [6.07, 6.45) is -5.25. The number of thioether (sulfide) groups is 1. The molecule has 2 bridgehead atoms. The summed E-state index contributed by atoms with van der Waals surface area (Å²) in [6, 6.07) is 13.4. The van der Waals surface area contributed by atoms with Crippen LogP contribution in [0.2, 0.25) is 28.2 Å². The SMILES string of the molecule is CC(C)C(=O)Nc1nc2c(ncn2[C@@H]2S[C@@H]3COP(=S)(SCc4ccc(Cl)cc4Cl)O[C@H]4[C@H](F)[C@H](n5cnc6c(NC(=O)c7ccccc7)ncnc65)O[C@@H]4COP(=O)(O)O[C@@H]2[C@@H]3O[Si](C)(C)C(C)(C)C)c(=O)[nH]1.CCN(CC)CC. The average Bonchev–Trinajstić information content (AvgIpc) is 4.19. The predicted molar refractivity (Wildman–Crippen MR) is 320 cm³/mol. The summed E-state index contributed by atoms with van der Waals surface area (Å²) in [5, 5.41) is 3.94. The highest BCUT2D eigenvalue weighted by Crippen LogP contribution is 2.66. The zero-order valence-electron chi connectivity index (χ0n) is 46.2. The minimum atomic E-state index is -5.20. The van der Waals surface area contributed by atoms with E-state index in [1.165, 1.54) is 59.5 Å². The van der Waals surface area contributed by atoms with Crippen molar-refractivity contribution in [2.45, 2.75) is 127 Å². The standard InChI is InChI=1S/C44H51Cl2FN10O11P2S3Si.C6H15N/c1-22(2)38(58)54-43-53-37-31(40(60)55-43)51-21-57(37)42-34-33(68-74(6,7)44(3,4)5)28(73-42)17-64-70(71,72-18-24-13-14-25(45)15-26(24)46)67-32-27(16-63-69(61,62)66-34)65-41(29(32)47)56-20-50-30-35(48-19-49-36(30)56)52-39(59)23-11-9-8-10-12-23;1-4-7(5-2)6-3/h8-15,19-22,27-29,32-34,41-42H,16-18H2,1-7H3,(H,61,62)(H,48,49,52,59)(H2,53,54,55,58,60);4-6H2,1-3H3/t27-,28-,29+,32-,33-,34-,41-,42-,70?;/m1./s1. The van der Waals surface area contributed by atoms with E-state index in [1.54, 1.807) is 62.4 Å². The number of hydrogen-bond acceptors (Lipinski definition) is 19. The van der Waals surface area contributed by atoms with Crippen molar-refractivity contribution in [3.05, 3.63) is 99.0 Å². The molecule has 2 unspecified atom stereocenters. The average molecular weight is 1270 g/mol. The summed E-state index contributed by atoms with van der Waals surface area (Å²) in [5.74, 6) is -1.30. The molecule has 0 radical (unpaired) electrons. The van der Waals surface area contributed by atoms with Crippen molar-refractivity contribution in [2.24, 2.45) is 5.92 Å². The third-order valence-electron chi connectivity index (χ3n) is 14.2. The fourth-order valence-electron chi connectivity index (χ4n) is 8.57. The number of carbonyl (C=O) groups is 2. The van der Waals surface area contributed by atoms with Crippen molar-refractivity contribution >= 4 is 126 Å². The summed E-state index contributed by atoms with van der Waals surface area (Å²) < 4.78 is 73.8. The second-order valence-corrected chi connectivity index (χ2v) is 35.6. The molecule has 4 aromatic heterocycles. The summed E-state index contributed by atoms with van der Waals surface area (Å²) >= 11 is 21.5. The molecule has 31 heteroatoms. The highest BCUT2D eigenvalue weighted by Gasteiger charge is 2.56. The molecule has 4 N–H and O–H groups in total. The maximum atomic E-state index is 17.5. The van der Waals surface area contributed by atoms with Gasteiger partial charge in [-0.3, -0.25) is 42.9 Å². The number of alkyl halides is 1. The lowest BCUT2D eigenvalue weighted by atomic mass is 10.1. The number of aromatic amines is 1. The van der Waals surface area contributed by atoms with Gasteiger partial charge in [0.25, 0.3) is 11.5 Å². The molecular formula is C50H66Cl2FN11O11P2S3Si. The Kier molecular flexibility index (Phi) is 20.5. The van der Waals surface area contributed by atoms with Crippen LogP contribution in [-0.2, 0) is 54.2 Å². The number of ether oxygens (including phenoxy) is 1. The molecule has 7 heterocycles. The third kappa shape index (κ3) is 14.7. The van der Waals surface area contributed by atoms with Crippen molar-refractivity contribution in [2.75, 3.05) is 43.5 Å². The van der Waals surface area contributed by atoms with Crippen LogP contribution in [0.3, 0.4) is 0 Å². The van der Waals surface area contributed by atoms with E-state index >= 15 is 4.39 Å². The number of imidazole rings is 2. The van der Waals surface area contributed by atoms with E-state index < -0.39 is 99.2 Å². The number of phosphoric ester groups is 1. The van der Waals surface area contributed by atoms with Crippen LogP contribution in [0.25, 0.3) is 22.3 Å². The van der Waals surface area contributed by atoms with Gasteiger partial charge in [-0.25, -0.2) is 28.9 Å². The maximum absolute atomic E-state index is 17.5. The molecule has 0 spiro atoms. The Morgan fingerprint density at radius 1 is 0.975 bits per heavy atom. The van der Waals surface area contributed by atoms with Gasteiger partial charge in [0, 0.05) is 27.3 Å². The number of phosphoric acid groups is 1. The predicted octanol–water partition coefficient (Wildman–Crippen LogP) is 10.8. The molecular weight excluding hydrogens is 1210 g/mol. The Morgan fingerprint density at radius 3 is 2.32 bits per heavy atom. The number of benzene rings is 2. The second kappa shape index (κ2) is 26.3. The first-order valence-electron chi connectivity index (χ1n) is 26.1. The number of rotatable bonds is 14. The first-order valence-corrected chi connectivity index (χ1v) is 36.4. The first kappa shape index (κ1) is 63.3. The topological polar surface area (TPSA) is 261 Å². The Hall–Kier alpha value is -3.73. The summed E-state index contributed by atoms with van der Waals surface area (Å²) in [5.41, 5.74) is -3.32. The van der Waals surface area contributed by atoms with Gasteiger partial charge in [-0.15, -0.1) is 11.8 Å². The lowest BCUT2D eigenvalue weighted by molar-refractivity contribution is -0.118. The van der Waals surface area contributed by atoms with Crippen LogP contribution in [0.15, 0.2) is 72.3 Å². The van der Waals surface area contributed by atoms with Crippen molar-refractivity contribution in [3.63, 3.8) is 0 Å². The Morgan fingerprint density at radius 2 is 1.67 bits per heavy atom. The Labute approximate surface area is 492 Å². The molecule has 3 aliphatic heterocycles. The number of H-pyrrole nitrogens is 1. The molecule has 81 heavy (non-hydrogen) atoms. The number of aromatic nitrogens is 8. The molecule has 10 atom stereocenters. The highest BCUT2D eigenvalue weighted by molar-refractivity contribution is 8.67. The van der Waals surface area contributed by atoms with Crippen LogP contribution in [-0.4, -0.2) is 138 Å². The smallest absolute Gasteiger partial charge is 0.410 e. The van der Waals surface area contributed by atoms with Gasteiger partial charge in [0.1, 0.15) is 30.0 Å². The van der Waals surface area contributed by atoms with E-state index in [1.807, 2.05) is 33.9 Å². The van der Waals surface area contributed by atoms with Gasteiger partial charge in [0.05, 0.1) is 37.2 Å². The van der Waals surface area contributed by atoms with Gasteiger partial charge in [-0.2, -0.15) is 4.98 Å². The molecule has 3 fully saturated rings. The quantitative estimate of drug-likeness (QED) is 0.0583. The van der Waals surface area contributed by atoms with Crippen molar-refractivity contribution in [1.82, 2.24) is 43.9 Å². The zero-order chi connectivity index (χ0) is 58.8. The van der Waals surface area contributed by atoms with Gasteiger partial charge in [-0.05, 0) is 79.4 Å². The van der Waals surface area contributed by atoms with Crippen molar-refractivity contribution in [3.8, 4) is 0 Å². The summed E-state index contributed by atoms with van der Waals surface area (Å²) in [7, 11) is -8.00. The minimum absolute atomic E-state index is 0.0235. The van der Waals surface area contributed by atoms with Crippen molar-refractivity contribution < 1.29 is 50.7 Å². The van der Waals surface area contributed by atoms with Gasteiger partial charge < -0.3 is 33.3 Å². The fraction of sp³-hybridized carbons (Fsp3) is 0.520. The van der Waals surface area contributed by atoms with Crippen LogP contribution >= 0.6 is 59.9 Å². The summed E-state index contributed by atoms with van der Waals surface area (Å²) in [6.45, 7) is 22.6. The van der Waals surface area contributed by atoms with E-state index in [-0.39, 0.29) is 51.5 Å². The van der Waals surface area contributed by atoms with Gasteiger partial charge in [-0.1, -0.05) is 114 Å². The molecule has 0 saturated carbocycles. The van der Waals surface area contributed by atoms with Gasteiger partial charge in [0.15, 0.2) is 48.9 Å². The fourth-order valence-corrected chi connectivity index (χ4v) is 17.6. The van der Waals surface area contributed by atoms with Gasteiger partial charge in [0.2, 0.25) is 17.5 Å². The van der Waals surface area contributed by atoms with Crippen molar-refractivity contribution in [1.29, 1.82) is 0 Å². The van der Waals surface area contributed by atoms with Gasteiger partial charge >= 0.3 is 7.82 Å². The highest BCUT2D eigenvalue weighted by atomic mass is 35.5. The number of amides is 2. The number of anilines is 2. The Balaban J connectivity index is 0.00000115. The number of halogens is 3. The van der Waals surface area contributed by atoms with Crippen LogP contribution in [0.5, 0.6) is 0 Å². The number of fused-ring (bicyclic) bond motifs is 5. The van der Waals surface area contributed by atoms with Crippen LogP contribution in [0.4, 0.5) is 16.2 Å². The first-order chi connectivity index (χ1) is 38.3.